The molecule has 0 spiro atoms. The molecule has 6 nitrogen and oxygen atoms in total. The third kappa shape index (κ3) is 4.53. The number of pyridine rings is 1. The molecule has 160 valence electrons. The van der Waals surface area contributed by atoms with E-state index in [1.807, 2.05) is 18.7 Å². The maximum atomic E-state index is 12.8. The number of nitrogens with zero attached hydrogens (tertiary/aromatic N) is 3. The molecule has 1 aromatic carbocycles. The highest BCUT2D eigenvalue weighted by molar-refractivity contribution is 7.62. The molecule has 1 amide bonds. The Morgan fingerprint density at radius 1 is 1.17 bits per heavy atom. The van der Waals surface area contributed by atoms with Crippen molar-refractivity contribution in [3.05, 3.63) is 47.5 Å². The normalized spacial score (nSPS) is 18.3. The summed E-state index contributed by atoms with van der Waals surface area (Å²) in [6, 6.07) is 7.43. The van der Waals surface area contributed by atoms with Crippen molar-refractivity contribution in [3.63, 3.8) is 0 Å². The second-order valence-electron chi connectivity index (χ2n) is 7.99. The van der Waals surface area contributed by atoms with Gasteiger partial charge in [-0.25, -0.2) is 4.98 Å². The van der Waals surface area contributed by atoms with Crippen molar-refractivity contribution in [1.82, 2.24) is 4.98 Å². The van der Waals surface area contributed by atoms with E-state index < -0.39 is 28.1 Å². The lowest BCUT2D eigenvalue weighted by Crippen LogP contribution is -2.39. The molecule has 3 rings (SSSR count). The van der Waals surface area contributed by atoms with Gasteiger partial charge < -0.3 is 4.90 Å². The predicted molar refractivity (Wildman–Crippen MR) is 106 cm³/mol. The van der Waals surface area contributed by atoms with Gasteiger partial charge >= 0.3 is 16.7 Å². The first-order valence-corrected chi connectivity index (χ1v) is 10.2. The van der Waals surface area contributed by atoms with Crippen LogP contribution in [-0.4, -0.2) is 31.4 Å². The lowest BCUT2D eigenvalue weighted by atomic mass is 9.97. The molecular weight excluding hydrogens is 419 g/mol. The monoisotopic (exact) mass is 439 g/mol. The van der Waals surface area contributed by atoms with E-state index in [-0.39, 0.29) is 16.9 Å². The first kappa shape index (κ1) is 21.9. The van der Waals surface area contributed by atoms with Crippen LogP contribution in [0.5, 0.6) is 0 Å². The van der Waals surface area contributed by atoms with E-state index in [2.05, 4.69) is 16.3 Å². The minimum atomic E-state index is -4.45. The summed E-state index contributed by atoms with van der Waals surface area (Å²) in [5.74, 6) is -0.369. The van der Waals surface area contributed by atoms with E-state index in [4.69, 9.17) is 0 Å². The van der Waals surface area contributed by atoms with Crippen LogP contribution in [0.4, 0.5) is 19.0 Å². The van der Waals surface area contributed by atoms with Crippen molar-refractivity contribution >= 4 is 22.2 Å². The van der Waals surface area contributed by atoms with Crippen LogP contribution < -0.4 is 4.90 Å². The Labute approximate surface area is 173 Å². The number of aromatic nitrogens is 1. The molecular formula is C20H20F3N3O3S. The summed E-state index contributed by atoms with van der Waals surface area (Å²) in [7, 11) is -2.91. The zero-order valence-electron chi connectivity index (χ0n) is 16.6. The highest BCUT2D eigenvalue weighted by atomic mass is 32.2. The third-order valence-corrected chi connectivity index (χ3v) is 5.41. The molecule has 0 unspecified atom stereocenters. The van der Waals surface area contributed by atoms with Gasteiger partial charge in [0.1, 0.15) is 5.82 Å². The fourth-order valence-corrected chi connectivity index (χ4v) is 4.12. The molecule has 1 saturated heterocycles. The van der Waals surface area contributed by atoms with Gasteiger partial charge in [0.15, 0.2) is 0 Å². The van der Waals surface area contributed by atoms with Crippen molar-refractivity contribution in [3.8, 4) is 11.3 Å². The largest absolute Gasteiger partial charge is 0.416 e. The van der Waals surface area contributed by atoms with Crippen LogP contribution in [0.2, 0.25) is 0 Å². The van der Waals surface area contributed by atoms with Crippen molar-refractivity contribution in [2.24, 2.45) is 10.3 Å². The zero-order chi connectivity index (χ0) is 22.3. The number of rotatable bonds is 3. The molecule has 2 heterocycles. The molecule has 0 radical (unpaired) electrons. The summed E-state index contributed by atoms with van der Waals surface area (Å²) in [6.07, 6.45) is -3.62. The van der Waals surface area contributed by atoms with E-state index in [0.717, 1.165) is 18.6 Å². The van der Waals surface area contributed by atoms with Crippen LogP contribution in [-0.2, 0) is 16.7 Å². The number of hydrogen-bond donors (Lipinski definition) is 0. The molecule has 0 aliphatic carbocycles. The fourth-order valence-electron chi connectivity index (χ4n) is 3.89. The van der Waals surface area contributed by atoms with E-state index in [9.17, 15) is 26.4 Å². The molecule has 1 aliphatic rings. The van der Waals surface area contributed by atoms with Gasteiger partial charge in [0.2, 0.25) is 0 Å². The third-order valence-electron chi connectivity index (χ3n) is 5.10. The second-order valence-corrected chi connectivity index (χ2v) is 8.61. The summed E-state index contributed by atoms with van der Waals surface area (Å²) < 4.78 is 63.4. The van der Waals surface area contributed by atoms with Crippen LogP contribution in [0.3, 0.4) is 0 Å². The maximum Gasteiger partial charge on any atom is 0.416 e. The van der Waals surface area contributed by atoms with Gasteiger partial charge in [-0.1, -0.05) is 23.4 Å². The predicted octanol–water partition coefficient (Wildman–Crippen LogP) is 4.60. The number of carbonyl (C=O) groups is 1. The van der Waals surface area contributed by atoms with Gasteiger partial charge in [0, 0.05) is 17.6 Å². The molecule has 0 N–H and O–H groups in total. The smallest absolute Gasteiger partial charge is 0.351 e. The van der Waals surface area contributed by atoms with Gasteiger partial charge in [-0.3, -0.25) is 4.79 Å². The van der Waals surface area contributed by atoms with Gasteiger partial charge in [0.05, 0.1) is 16.8 Å². The van der Waals surface area contributed by atoms with E-state index >= 15 is 0 Å². The number of halogens is 3. The SMILES string of the molecule is C[C@@H]1CN(c2nc(-c3ccc(C(F)(F)F)cc3)ccc2C(=O)N=S(=O)=O)C(C)(C)C1. The molecule has 1 fully saturated rings. The highest BCUT2D eigenvalue weighted by Gasteiger charge is 2.39. The lowest BCUT2D eigenvalue weighted by Gasteiger charge is -2.33. The number of amides is 1. The lowest BCUT2D eigenvalue weighted by molar-refractivity contribution is -0.137. The molecule has 0 bridgehead atoms. The molecule has 2 aromatic rings. The highest BCUT2D eigenvalue weighted by Crippen LogP contribution is 2.38. The zero-order valence-corrected chi connectivity index (χ0v) is 17.4. The van der Waals surface area contributed by atoms with Crippen LogP contribution in [0.15, 0.2) is 40.8 Å². The quantitative estimate of drug-likeness (QED) is 0.699. The number of anilines is 1. The molecule has 0 saturated carbocycles. The first-order valence-electron chi connectivity index (χ1n) is 9.20. The summed E-state index contributed by atoms with van der Waals surface area (Å²) >= 11 is 0. The van der Waals surface area contributed by atoms with Gasteiger partial charge in [0.25, 0.3) is 5.91 Å². The van der Waals surface area contributed by atoms with Crippen LogP contribution >= 0.6 is 0 Å². The Kier molecular flexibility index (Phi) is 5.72. The van der Waals surface area contributed by atoms with Crippen molar-refractivity contribution in [2.75, 3.05) is 11.4 Å². The van der Waals surface area contributed by atoms with Gasteiger partial charge in [-0.2, -0.15) is 21.6 Å². The molecule has 10 heteroatoms. The van der Waals surface area contributed by atoms with Crippen LogP contribution in [0, 0.1) is 5.92 Å². The van der Waals surface area contributed by atoms with E-state index in [0.29, 0.717) is 23.7 Å². The average molecular weight is 439 g/mol. The fraction of sp³-hybridized carbons (Fsp3) is 0.400. The Hall–Kier alpha value is -2.75. The van der Waals surface area contributed by atoms with E-state index in [1.54, 1.807) is 0 Å². The first-order chi connectivity index (χ1) is 13.9. The summed E-state index contributed by atoms with van der Waals surface area (Å²) in [6.45, 7) is 6.62. The topological polar surface area (TPSA) is 79.7 Å². The Morgan fingerprint density at radius 3 is 2.30 bits per heavy atom. The minimum absolute atomic E-state index is 0.0250. The number of hydrogen-bond acceptors (Lipinski definition) is 5. The summed E-state index contributed by atoms with van der Waals surface area (Å²) in [5.41, 5.74) is -0.287. The van der Waals surface area contributed by atoms with Gasteiger partial charge in [-0.05, 0) is 50.5 Å². The number of benzene rings is 1. The standard InChI is InChI=1S/C20H20F3N3O3S/c1-12-10-19(2,3)26(11-12)17-15(18(27)25-30(28)29)8-9-16(24-17)13-4-6-14(7-5-13)20(21,22)23/h4-9,12H,10-11H2,1-3H3/t12-/m0/s1. The summed E-state index contributed by atoms with van der Waals surface area (Å²) in [5, 5.41) is 0. The van der Waals surface area contributed by atoms with Crippen molar-refractivity contribution < 1.29 is 26.4 Å². The van der Waals surface area contributed by atoms with Crippen LogP contribution in [0.1, 0.15) is 43.1 Å². The molecule has 1 aromatic heterocycles. The second kappa shape index (κ2) is 7.82. The Balaban J connectivity index is 2.12. The van der Waals surface area contributed by atoms with Gasteiger partial charge in [-0.15, -0.1) is 0 Å². The van der Waals surface area contributed by atoms with E-state index in [1.165, 1.54) is 24.3 Å². The number of carbonyl (C=O) groups excluding carboxylic acids is 1. The summed E-state index contributed by atoms with van der Waals surface area (Å²) in [4.78, 5) is 18.8. The Morgan fingerprint density at radius 2 is 1.80 bits per heavy atom. The van der Waals surface area contributed by atoms with Crippen molar-refractivity contribution in [2.45, 2.75) is 38.9 Å². The van der Waals surface area contributed by atoms with Crippen LogP contribution in [0.25, 0.3) is 11.3 Å². The molecule has 30 heavy (non-hydrogen) atoms. The van der Waals surface area contributed by atoms with Crippen molar-refractivity contribution in [1.29, 1.82) is 0 Å². The maximum absolute atomic E-state index is 12.8. The Bertz CT molecular complexity index is 1100. The minimum Gasteiger partial charge on any atom is -0.351 e. The number of alkyl halides is 3. The average Bonchev–Trinajstić information content (AvgIpc) is 2.92. The molecule has 1 aliphatic heterocycles. The molecule has 1 atom stereocenters.